The highest BCUT2D eigenvalue weighted by Crippen LogP contribution is 2.33. The first-order chi connectivity index (χ1) is 11.5. The summed E-state index contributed by atoms with van der Waals surface area (Å²) in [5, 5.41) is 0. The molecule has 0 N–H and O–H groups in total. The van der Waals surface area contributed by atoms with E-state index in [1.807, 2.05) is 20.8 Å². The highest BCUT2D eigenvalue weighted by Gasteiger charge is 2.52. The lowest BCUT2D eigenvalue weighted by Crippen LogP contribution is -2.65. The third kappa shape index (κ3) is 7.66. The maximum absolute atomic E-state index is 12.1. The molecule has 154 valence electrons. The van der Waals surface area contributed by atoms with Crippen LogP contribution in [0.3, 0.4) is 0 Å². The third-order valence-corrected chi connectivity index (χ3v) is 20.9. The van der Waals surface area contributed by atoms with Crippen LogP contribution < -0.4 is 0 Å². The minimum Gasteiger partial charge on any atom is -0.465 e. The van der Waals surface area contributed by atoms with Crippen LogP contribution in [0.5, 0.6) is 0 Å². The number of hydrogen-bond acceptors (Lipinski definition) is 6. The van der Waals surface area contributed by atoms with Gasteiger partial charge in [-0.15, -0.1) is 0 Å². The third-order valence-electron chi connectivity index (χ3n) is 4.35. The number of carbonyl (C=O) groups is 1. The summed E-state index contributed by atoms with van der Waals surface area (Å²) in [6, 6.07) is 0.758. The molecule has 1 fully saturated rings. The van der Waals surface area contributed by atoms with Gasteiger partial charge in [-0.05, 0) is 78.6 Å². The molecule has 0 aliphatic carbocycles. The summed E-state index contributed by atoms with van der Waals surface area (Å²) in [7, 11) is -9.41. The molecular formula is C16H38O6Si4. The Bertz CT molecular complexity index is 485. The van der Waals surface area contributed by atoms with E-state index in [1.165, 1.54) is 0 Å². The first kappa shape index (κ1) is 24.2. The largest absolute Gasteiger partial charge is 0.465 e. The lowest BCUT2D eigenvalue weighted by molar-refractivity contribution is -0.154. The van der Waals surface area contributed by atoms with Crippen LogP contribution in [0.15, 0.2) is 0 Å². The summed E-state index contributed by atoms with van der Waals surface area (Å²) < 4.78 is 31.2. The van der Waals surface area contributed by atoms with Gasteiger partial charge in [-0.1, -0.05) is 6.92 Å². The maximum Gasteiger partial charge on any atom is 0.317 e. The second-order valence-electron chi connectivity index (χ2n) is 9.22. The highest BCUT2D eigenvalue weighted by atomic mass is 28.5. The monoisotopic (exact) mass is 438 g/mol. The second-order valence-corrected chi connectivity index (χ2v) is 23.7. The lowest BCUT2D eigenvalue weighted by atomic mass is 9.91. The number of hydrogen-bond donors (Lipinski definition) is 0. The molecule has 0 bridgehead atoms. The van der Waals surface area contributed by atoms with E-state index >= 15 is 0 Å². The molecule has 0 spiro atoms. The predicted octanol–water partition coefficient (Wildman–Crippen LogP) is 4.61. The van der Waals surface area contributed by atoms with Crippen LogP contribution in [-0.2, 0) is 26.0 Å². The molecule has 0 aromatic rings. The fraction of sp³-hybridized carbons (Fsp3) is 0.938. The van der Waals surface area contributed by atoms with Crippen molar-refractivity contribution >= 4 is 40.2 Å². The summed E-state index contributed by atoms with van der Waals surface area (Å²) in [4.78, 5) is 12.1. The fourth-order valence-corrected chi connectivity index (χ4v) is 24.9. The van der Waals surface area contributed by atoms with Crippen LogP contribution in [0.25, 0.3) is 0 Å². The quantitative estimate of drug-likeness (QED) is 0.343. The lowest BCUT2D eigenvalue weighted by Gasteiger charge is -2.47. The Morgan fingerprint density at radius 2 is 1.27 bits per heavy atom. The minimum atomic E-state index is -2.47. The molecule has 0 atom stereocenters. The molecule has 0 amide bonds. The topological polar surface area (TPSA) is 63.2 Å². The van der Waals surface area contributed by atoms with E-state index in [9.17, 15) is 4.79 Å². The normalized spacial score (nSPS) is 24.4. The zero-order valence-corrected chi connectivity index (χ0v) is 22.3. The number of rotatable bonds is 6. The van der Waals surface area contributed by atoms with Crippen molar-refractivity contribution < 1.29 is 26.0 Å². The maximum atomic E-state index is 12.1. The van der Waals surface area contributed by atoms with E-state index in [0.717, 1.165) is 18.9 Å². The Morgan fingerprint density at radius 1 is 0.846 bits per heavy atom. The van der Waals surface area contributed by atoms with Gasteiger partial charge in [0.25, 0.3) is 0 Å². The standard InChI is InChI=1S/C16H38O6Si4/c1-11-16(2,3)15(17)18-13-12-14-26(10)21-24(6,7)19-23(4,5)20-25(8,9)22-26/h11-14H2,1-10H3. The SMILES string of the molecule is CCC(C)(C)C(=O)OCCC[Si]1(C)O[Si](C)(C)O[Si](C)(C)O[Si](C)(C)O1. The van der Waals surface area contributed by atoms with Gasteiger partial charge in [0.2, 0.25) is 0 Å². The van der Waals surface area contributed by atoms with E-state index < -0.39 is 39.7 Å². The van der Waals surface area contributed by atoms with E-state index in [1.54, 1.807) is 0 Å². The molecular weight excluding hydrogens is 401 g/mol. The zero-order valence-electron chi connectivity index (χ0n) is 18.3. The predicted molar refractivity (Wildman–Crippen MR) is 113 cm³/mol. The van der Waals surface area contributed by atoms with Gasteiger partial charge in [-0.2, -0.15) is 0 Å². The van der Waals surface area contributed by atoms with E-state index in [2.05, 4.69) is 45.8 Å². The van der Waals surface area contributed by atoms with E-state index in [0.29, 0.717) is 6.61 Å². The summed E-state index contributed by atoms with van der Waals surface area (Å²) in [6.45, 7) is 20.6. The Kier molecular flexibility index (Phi) is 7.71. The van der Waals surface area contributed by atoms with Crippen molar-refractivity contribution in [3.8, 4) is 0 Å². The summed E-state index contributed by atoms with van der Waals surface area (Å²) in [5.41, 5.74) is -0.434. The van der Waals surface area contributed by atoms with Gasteiger partial charge in [-0.3, -0.25) is 4.79 Å². The molecule has 1 aliphatic rings. The van der Waals surface area contributed by atoms with E-state index in [4.69, 9.17) is 21.2 Å². The zero-order chi connectivity index (χ0) is 20.4. The smallest absolute Gasteiger partial charge is 0.317 e. The number of ether oxygens (including phenoxy) is 1. The fourth-order valence-electron chi connectivity index (χ4n) is 3.31. The van der Waals surface area contributed by atoms with Crippen molar-refractivity contribution in [1.29, 1.82) is 0 Å². The molecule has 0 radical (unpaired) electrons. The molecule has 1 saturated heterocycles. The Hall–Kier alpha value is 0.178. The van der Waals surface area contributed by atoms with Crippen molar-refractivity contribution in [1.82, 2.24) is 0 Å². The van der Waals surface area contributed by atoms with E-state index in [-0.39, 0.29) is 5.97 Å². The first-order valence-corrected chi connectivity index (χ1v) is 20.5. The minimum absolute atomic E-state index is 0.143. The highest BCUT2D eigenvalue weighted by molar-refractivity contribution is 6.93. The van der Waals surface area contributed by atoms with Crippen molar-refractivity contribution in [2.75, 3.05) is 6.61 Å². The van der Waals surface area contributed by atoms with Crippen molar-refractivity contribution in [3.05, 3.63) is 0 Å². The molecule has 0 saturated carbocycles. The summed E-state index contributed by atoms with van der Waals surface area (Å²) in [5.74, 6) is -0.143. The second kappa shape index (κ2) is 8.27. The van der Waals surface area contributed by atoms with Gasteiger partial charge in [0.15, 0.2) is 0 Å². The molecule has 26 heavy (non-hydrogen) atoms. The van der Waals surface area contributed by atoms with Crippen LogP contribution in [0.4, 0.5) is 0 Å². The van der Waals surface area contributed by atoms with Gasteiger partial charge in [0, 0.05) is 0 Å². The number of carbonyl (C=O) groups excluding carboxylic acids is 1. The molecule has 6 nitrogen and oxygen atoms in total. The average molecular weight is 439 g/mol. The van der Waals surface area contributed by atoms with Crippen molar-refractivity contribution in [2.45, 2.75) is 85.5 Å². The number of esters is 1. The Labute approximate surface area is 163 Å². The molecule has 1 rings (SSSR count). The Morgan fingerprint density at radius 3 is 1.69 bits per heavy atom. The molecule has 10 heteroatoms. The van der Waals surface area contributed by atoms with Crippen LogP contribution in [0.2, 0.25) is 51.9 Å². The molecule has 1 aliphatic heterocycles. The molecule has 0 aromatic heterocycles. The van der Waals surface area contributed by atoms with Crippen LogP contribution in [0.1, 0.15) is 33.6 Å². The molecule has 0 aromatic carbocycles. The van der Waals surface area contributed by atoms with Crippen LogP contribution in [-0.4, -0.2) is 46.8 Å². The van der Waals surface area contributed by atoms with Gasteiger partial charge >= 0.3 is 40.2 Å². The van der Waals surface area contributed by atoms with Crippen LogP contribution in [0, 0.1) is 5.41 Å². The van der Waals surface area contributed by atoms with Gasteiger partial charge in [0.05, 0.1) is 12.0 Å². The summed E-state index contributed by atoms with van der Waals surface area (Å²) >= 11 is 0. The van der Waals surface area contributed by atoms with Gasteiger partial charge < -0.3 is 21.2 Å². The first-order valence-electron chi connectivity index (χ1n) is 9.49. The average Bonchev–Trinajstić information content (AvgIpc) is 2.37. The molecule has 1 heterocycles. The molecule has 0 unspecified atom stereocenters. The van der Waals surface area contributed by atoms with Gasteiger partial charge in [0.1, 0.15) is 0 Å². The van der Waals surface area contributed by atoms with Crippen molar-refractivity contribution in [3.63, 3.8) is 0 Å². The summed E-state index contributed by atoms with van der Waals surface area (Å²) in [6.07, 6.45) is 1.49. The van der Waals surface area contributed by atoms with Gasteiger partial charge in [-0.25, -0.2) is 0 Å². The van der Waals surface area contributed by atoms with Crippen molar-refractivity contribution in [2.24, 2.45) is 5.41 Å². The van der Waals surface area contributed by atoms with Crippen LogP contribution >= 0.6 is 0 Å². The Balaban J connectivity index is 2.72.